The van der Waals surface area contributed by atoms with Gasteiger partial charge in [-0.15, -0.1) is 0 Å². The van der Waals surface area contributed by atoms with Crippen molar-refractivity contribution >= 4 is 17.4 Å². The van der Waals surface area contributed by atoms with E-state index in [2.05, 4.69) is 28.4 Å². The number of rotatable bonds is 4. The van der Waals surface area contributed by atoms with Crippen LogP contribution in [0.4, 0.5) is 5.69 Å². The molecule has 0 saturated heterocycles. The molecule has 0 radical (unpaired) electrons. The summed E-state index contributed by atoms with van der Waals surface area (Å²) in [4.78, 5) is 26.2. The molecule has 0 spiro atoms. The van der Waals surface area contributed by atoms with Gasteiger partial charge < -0.3 is 5.32 Å². The van der Waals surface area contributed by atoms with Crippen LogP contribution in [0.2, 0.25) is 0 Å². The summed E-state index contributed by atoms with van der Waals surface area (Å²) in [6.07, 6.45) is 0.966. The highest BCUT2D eigenvalue weighted by molar-refractivity contribution is 5.98. The number of amides is 1. The Hall–Kier alpha value is -2.46. The van der Waals surface area contributed by atoms with Crippen LogP contribution in [-0.2, 0) is 17.8 Å². The number of carbonyl (C=O) groups excluding carboxylic acids is 2. The Labute approximate surface area is 142 Å². The van der Waals surface area contributed by atoms with Gasteiger partial charge in [-0.1, -0.05) is 36.4 Å². The predicted molar refractivity (Wildman–Crippen MR) is 95.1 cm³/mol. The van der Waals surface area contributed by atoms with E-state index in [9.17, 15) is 9.59 Å². The van der Waals surface area contributed by atoms with E-state index >= 15 is 0 Å². The van der Waals surface area contributed by atoms with Crippen molar-refractivity contribution in [1.29, 1.82) is 0 Å². The molecule has 4 nitrogen and oxygen atoms in total. The second-order valence-electron chi connectivity index (χ2n) is 6.29. The van der Waals surface area contributed by atoms with Crippen LogP contribution in [0.3, 0.4) is 0 Å². The Kier molecular flexibility index (Phi) is 4.76. The summed E-state index contributed by atoms with van der Waals surface area (Å²) >= 11 is 0. The Bertz CT molecular complexity index is 770. The molecule has 0 unspecified atom stereocenters. The highest BCUT2D eigenvalue weighted by atomic mass is 16.2. The molecule has 1 heterocycles. The Morgan fingerprint density at radius 3 is 2.58 bits per heavy atom. The molecule has 24 heavy (non-hydrogen) atoms. The fraction of sp³-hybridized carbons (Fsp3) is 0.300. The molecule has 0 aliphatic carbocycles. The van der Waals surface area contributed by atoms with Gasteiger partial charge in [-0.25, -0.2) is 0 Å². The van der Waals surface area contributed by atoms with Gasteiger partial charge in [-0.3, -0.25) is 14.5 Å². The smallest absolute Gasteiger partial charge is 0.241 e. The quantitative estimate of drug-likeness (QED) is 0.879. The van der Waals surface area contributed by atoms with E-state index in [1.807, 2.05) is 19.1 Å². The SMILES string of the molecule is CC(=O)c1cccc(NC(=O)[C@H](C)N2CCc3ccccc3C2)c1. The van der Waals surface area contributed by atoms with E-state index < -0.39 is 0 Å². The Morgan fingerprint density at radius 2 is 1.83 bits per heavy atom. The molecular formula is C20H22N2O2. The maximum atomic E-state index is 12.6. The second-order valence-corrected chi connectivity index (χ2v) is 6.29. The van der Waals surface area contributed by atoms with Crippen molar-refractivity contribution in [3.05, 3.63) is 65.2 Å². The van der Waals surface area contributed by atoms with E-state index in [1.54, 1.807) is 18.2 Å². The number of nitrogens with one attached hydrogen (secondary N) is 1. The summed E-state index contributed by atoms with van der Waals surface area (Å²) in [5.74, 6) is -0.0538. The number of Topliss-reactive ketones (excluding diaryl/α,β-unsaturated/α-hetero) is 1. The molecule has 2 aromatic rings. The lowest BCUT2D eigenvalue weighted by Crippen LogP contribution is -2.44. The minimum absolute atomic E-state index is 0.00761. The van der Waals surface area contributed by atoms with Crippen LogP contribution in [0.5, 0.6) is 0 Å². The number of ketones is 1. The third-order valence-electron chi connectivity index (χ3n) is 4.62. The topological polar surface area (TPSA) is 49.4 Å². The van der Waals surface area contributed by atoms with Crippen molar-refractivity contribution in [2.75, 3.05) is 11.9 Å². The predicted octanol–water partition coefficient (Wildman–Crippen LogP) is 3.27. The highest BCUT2D eigenvalue weighted by Gasteiger charge is 2.25. The van der Waals surface area contributed by atoms with Gasteiger partial charge in [0.15, 0.2) is 5.78 Å². The second kappa shape index (κ2) is 6.97. The first kappa shape index (κ1) is 16.4. The van der Waals surface area contributed by atoms with Gasteiger partial charge in [0.25, 0.3) is 0 Å². The zero-order valence-electron chi connectivity index (χ0n) is 14.1. The number of anilines is 1. The molecule has 0 saturated carbocycles. The van der Waals surface area contributed by atoms with Gasteiger partial charge in [-0.2, -0.15) is 0 Å². The maximum absolute atomic E-state index is 12.6. The third kappa shape index (κ3) is 3.54. The van der Waals surface area contributed by atoms with Crippen LogP contribution in [0.1, 0.15) is 35.3 Å². The van der Waals surface area contributed by atoms with Crippen molar-refractivity contribution in [3.8, 4) is 0 Å². The third-order valence-corrected chi connectivity index (χ3v) is 4.62. The van der Waals surface area contributed by atoms with Gasteiger partial charge in [0.1, 0.15) is 0 Å². The molecule has 0 bridgehead atoms. The number of fused-ring (bicyclic) bond motifs is 1. The summed E-state index contributed by atoms with van der Waals surface area (Å²) in [5, 5.41) is 2.93. The van der Waals surface area contributed by atoms with E-state index in [0.717, 1.165) is 19.5 Å². The Morgan fingerprint density at radius 1 is 1.08 bits per heavy atom. The van der Waals surface area contributed by atoms with Crippen LogP contribution >= 0.6 is 0 Å². The fourth-order valence-electron chi connectivity index (χ4n) is 3.08. The van der Waals surface area contributed by atoms with Gasteiger partial charge in [0.2, 0.25) is 5.91 Å². The molecule has 124 valence electrons. The number of hydrogen-bond acceptors (Lipinski definition) is 3. The number of hydrogen-bond donors (Lipinski definition) is 1. The maximum Gasteiger partial charge on any atom is 0.241 e. The first-order valence-corrected chi connectivity index (χ1v) is 8.27. The van der Waals surface area contributed by atoms with Crippen LogP contribution in [0.25, 0.3) is 0 Å². The van der Waals surface area contributed by atoms with Crippen molar-refractivity contribution in [2.45, 2.75) is 32.9 Å². The van der Waals surface area contributed by atoms with Crippen LogP contribution in [-0.4, -0.2) is 29.2 Å². The summed E-state index contributed by atoms with van der Waals surface area (Å²) in [6.45, 7) is 5.12. The molecule has 3 rings (SSSR count). The minimum atomic E-state index is -0.223. The van der Waals surface area contributed by atoms with Crippen molar-refractivity contribution in [1.82, 2.24) is 4.90 Å². The zero-order valence-corrected chi connectivity index (χ0v) is 14.1. The van der Waals surface area contributed by atoms with Crippen molar-refractivity contribution < 1.29 is 9.59 Å². The molecule has 1 aliphatic heterocycles. The average Bonchev–Trinajstić information content (AvgIpc) is 2.60. The summed E-state index contributed by atoms with van der Waals surface area (Å²) in [7, 11) is 0. The van der Waals surface area contributed by atoms with Crippen LogP contribution in [0.15, 0.2) is 48.5 Å². The summed E-state index contributed by atoms with van der Waals surface area (Å²) in [6, 6.07) is 15.2. The standard InChI is InChI=1S/C20H22N2O2/c1-14(22-11-10-16-6-3-4-7-18(16)13-22)20(24)21-19-9-5-8-17(12-19)15(2)23/h3-9,12,14H,10-11,13H2,1-2H3,(H,21,24)/t14-/m0/s1. The molecule has 1 aliphatic rings. The summed E-state index contributed by atoms with van der Waals surface area (Å²) in [5.41, 5.74) is 3.93. The minimum Gasteiger partial charge on any atom is -0.325 e. The average molecular weight is 322 g/mol. The number of nitrogens with zero attached hydrogens (tertiary/aromatic N) is 1. The van der Waals surface area contributed by atoms with Gasteiger partial charge in [0, 0.05) is 24.3 Å². The summed E-state index contributed by atoms with van der Waals surface area (Å²) < 4.78 is 0. The van der Waals surface area contributed by atoms with Gasteiger partial charge in [-0.05, 0) is 43.5 Å². The van der Waals surface area contributed by atoms with Crippen molar-refractivity contribution in [3.63, 3.8) is 0 Å². The van der Waals surface area contributed by atoms with E-state index in [1.165, 1.54) is 18.1 Å². The van der Waals surface area contributed by atoms with E-state index in [4.69, 9.17) is 0 Å². The molecule has 1 atom stereocenters. The van der Waals surface area contributed by atoms with Gasteiger partial charge in [0.05, 0.1) is 6.04 Å². The molecule has 4 heteroatoms. The first-order valence-electron chi connectivity index (χ1n) is 8.27. The zero-order chi connectivity index (χ0) is 17.1. The number of carbonyl (C=O) groups is 2. The van der Waals surface area contributed by atoms with E-state index in [-0.39, 0.29) is 17.7 Å². The lowest BCUT2D eigenvalue weighted by atomic mass is 9.98. The van der Waals surface area contributed by atoms with E-state index in [0.29, 0.717) is 11.3 Å². The molecule has 1 amide bonds. The van der Waals surface area contributed by atoms with Gasteiger partial charge >= 0.3 is 0 Å². The Balaban J connectivity index is 1.67. The first-order chi connectivity index (χ1) is 11.5. The fourth-order valence-corrected chi connectivity index (χ4v) is 3.08. The largest absolute Gasteiger partial charge is 0.325 e. The van der Waals surface area contributed by atoms with Crippen LogP contribution < -0.4 is 5.32 Å². The lowest BCUT2D eigenvalue weighted by molar-refractivity contribution is -0.121. The molecular weight excluding hydrogens is 300 g/mol. The lowest BCUT2D eigenvalue weighted by Gasteiger charge is -2.32. The number of benzene rings is 2. The molecule has 2 aromatic carbocycles. The van der Waals surface area contributed by atoms with Crippen molar-refractivity contribution in [2.24, 2.45) is 0 Å². The highest BCUT2D eigenvalue weighted by Crippen LogP contribution is 2.21. The molecule has 1 N–H and O–H groups in total. The monoisotopic (exact) mass is 322 g/mol. The molecule has 0 fully saturated rings. The molecule has 0 aromatic heterocycles. The normalized spacial score (nSPS) is 15.4. The van der Waals surface area contributed by atoms with Crippen LogP contribution in [0, 0.1) is 0 Å².